The summed E-state index contributed by atoms with van der Waals surface area (Å²) in [5, 5.41) is 5.50. The van der Waals surface area contributed by atoms with Gasteiger partial charge in [-0.25, -0.2) is 4.98 Å². The molecule has 6 nitrogen and oxygen atoms in total. The Kier molecular flexibility index (Phi) is 4.76. The predicted molar refractivity (Wildman–Crippen MR) is 92.5 cm³/mol. The standard InChI is InChI=1S/C16H20N4O2S/c1-2-19-10-12(6-7-14(19)21)17-15(22)13-11-23-16(18-13)20-8-4-3-5-9-20/h6-7,10-11H,2-5,8-9H2,1H3,(H,17,22). The van der Waals surface area contributed by atoms with Crippen LogP contribution in [0.5, 0.6) is 0 Å². The first-order valence-electron chi connectivity index (χ1n) is 7.89. The summed E-state index contributed by atoms with van der Waals surface area (Å²) in [4.78, 5) is 30.6. The summed E-state index contributed by atoms with van der Waals surface area (Å²) < 4.78 is 1.55. The molecule has 1 aliphatic heterocycles. The number of carbonyl (C=O) groups is 1. The summed E-state index contributed by atoms with van der Waals surface area (Å²) >= 11 is 1.50. The fourth-order valence-corrected chi connectivity index (χ4v) is 3.51. The van der Waals surface area contributed by atoms with E-state index in [0.717, 1.165) is 18.2 Å². The zero-order valence-electron chi connectivity index (χ0n) is 13.1. The molecule has 0 aliphatic carbocycles. The van der Waals surface area contributed by atoms with Gasteiger partial charge in [-0.05, 0) is 32.3 Å². The van der Waals surface area contributed by atoms with E-state index in [1.165, 1.54) is 36.7 Å². The van der Waals surface area contributed by atoms with Crippen LogP contribution >= 0.6 is 11.3 Å². The Morgan fingerprint density at radius 2 is 2.09 bits per heavy atom. The highest BCUT2D eigenvalue weighted by Gasteiger charge is 2.17. The number of aromatic nitrogens is 2. The predicted octanol–water partition coefficient (Wildman–Crippen LogP) is 2.57. The van der Waals surface area contributed by atoms with Crippen molar-refractivity contribution in [2.45, 2.75) is 32.7 Å². The minimum atomic E-state index is -0.245. The molecule has 0 spiro atoms. The normalized spacial score (nSPS) is 14.7. The molecule has 0 unspecified atom stereocenters. The number of rotatable bonds is 4. The second-order valence-electron chi connectivity index (χ2n) is 5.56. The molecule has 2 aromatic rings. The topological polar surface area (TPSA) is 67.2 Å². The summed E-state index contributed by atoms with van der Waals surface area (Å²) in [6, 6.07) is 3.07. The number of hydrogen-bond donors (Lipinski definition) is 1. The van der Waals surface area contributed by atoms with E-state index in [1.54, 1.807) is 22.2 Å². The van der Waals surface area contributed by atoms with Gasteiger partial charge in [-0.15, -0.1) is 11.3 Å². The van der Waals surface area contributed by atoms with E-state index >= 15 is 0 Å². The fourth-order valence-electron chi connectivity index (χ4n) is 2.65. The molecule has 1 saturated heterocycles. The fraction of sp³-hybridized carbons (Fsp3) is 0.438. The molecule has 2 aromatic heterocycles. The van der Waals surface area contributed by atoms with E-state index in [0.29, 0.717) is 17.9 Å². The molecule has 7 heteroatoms. The summed E-state index contributed by atoms with van der Waals surface area (Å²) in [7, 11) is 0. The summed E-state index contributed by atoms with van der Waals surface area (Å²) in [6.07, 6.45) is 5.28. The van der Waals surface area contributed by atoms with Crippen molar-refractivity contribution in [1.29, 1.82) is 0 Å². The van der Waals surface area contributed by atoms with Crippen LogP contribution in [0.3, 0.4) is 0 Å². The molecule has 0 aromatic carbocycles. The number of thiazole rings is 1. The van der Waals surface area contributed by atoms with E-state index in [-0.39, 0.29) is 11.5 Å². The van der Waals surface area contributed by atoms with Crippen molar-refractivity contribution >= 4 is 28.1 Å². The number of nitrogens with one attached hydrogen (secondary N) is 1. The van der Waals surface area contributed by atoms with Gasteiger partial charge >= 0.3 is 0 Å². The van der Waals surface area contributed by atoms with Crippen molar-refractivity contribution in [2.24, 2.45) is 0 Å². The minimum Gasteiger partial charge on any atom is -0.348 e. The van der Waals surface area contributed by atoms with Gasteiger partial charge in [0.15, 0.2) is 5.13 Å². The van der Waals surface area contributed by atoms with Crippen LogP contribution in [0.1, 0.15) is 36.7 Å². The first kappa shape index (κ1) is 15.7. The van der Waals surface area contributed by atoms with Gasteiger partial charge in [0.1, 0.15) is 5.69 Å². The molecule has 0 saturated carbocycles. The zero-order chi connectivity index (χ0) is 16.2. The number of nitrogens with zero attached hydrogens (tertiary/aromatic N) is 3. The Balaban J connectivity index is 1.71. The van der Waals surface area contributed by atoms with Crippen molar-refractivity contribution in [2.75, 3.05) is 23.3 Å². The SMILES string of the molecule is CCn1cc(NC(=O)c2csc(N3CCCCC3)n2)ccc1=O. The van der Waals surface area contributed by atoms with Gasteiger partial charge in [0.25, 0.3) is 11.5 Å². The zero-order valence-corrected chi connectivity index (χ0v) is 13.9. The number of anilines is 2. The van der Waals surface area contributed by atoms with Gasteiger partial charge in [-0.2, -0.15) is 0 Å². The maximum Gasteiger partial charge on any atom is 0.275 e. The number of carbonyl (C=O) groups excluding carboxylic acids is 1. The highest BCUT2D eigenvalue weighted by atomic mass is 32.1. The lowest BCUT2D eigenvalue weighted by atomic mass is 10.1. The third kappa shape index (κ3) is 3.61. The van der Waals surface area contributed by atoms with E-state index in [9.17, 15) is 9.59 Å². The van der Waals surface area contributed by atoms with E-state index in [4.69, 9.17) is 0 Å². The molecular formula is C16H20N4O2S. The van der Waals surface area contributed by atoms with Crippen molar-refractivity contribution in [3.8, 4) is 0 Å². The van der Waals surface area contributed by atoms with Crippen molar-refractivity contribution < 1.29 is 4.79 Å². The van der Waals surface area contributed by atoms with Crippen LogP contribution in [0, 0.1) is 0 Å². The Morgan fingerprint density at radius 1 is 1.30 bits per heavy atom. The molecule has 1 amide bonds. The van der Waals surface area contributed by atoms with E-state index < -0.39 is 0 Å². The molecule has 23 heavy (non-hydrogen) atoms. The highest BCUT2D eigenvalue weighted by Crippen LogP contribution is 2.24. The number of pyridine rings is 1. The van der Waals surface area contributed by atoms with Gasteiger partial charge in [0.05, 0.1) is 5.69 Å². The molecule has 1 N–H and O–H groups in total. The Morgan fingerprint density at radius 3 is 2.83 bits per heavy atom. The lowest BCUT2D eigenvalue weighted by molar-refractivity contribution is 0.102. The maximum absolute atomic E-state index is 12.3. The van der Waals surface area contributed by atoms with E-state index in [2.05, 4.69) is 15.2 Å². The molecule has 122 valence electrons. The van der Waals surface area contributed by atoms with Crippen LogP contribution < -0.4 is 15.8 Å². The lowest BCUT2D eigenvalue weighted by Gasteiger charge is -2.25. The van der Waals surface area contributed by atoms with Gasteiger partial charge in [0.2, 0.25) is 0 Å². The number of amides is 1. The molecule has 0 radical (unpaired) electrons. The molecule has 0 bridgehead atoms. The first-order valence-corrected chi connectivity index (χ1v) is 8.77. The third-order valence-electron chi connectivity index (χ3n) is 3.93. The molecule has 3 heterocycles. The van der Waals surface area contributed by atoms with Crippen molar-refractivity contribution in [3.63, 3.8) is 0 Å². The molecule has 0 atom stereocenters. The van der Waals surface area contributed by atoms with Gasteiger partial charge in [0, 0.05) is 37.3 Å². The molecular weight excluding hydrogens is 312 g/mol. The van der Waals surface area contributed by atoms with Crippen molar-refractivity contribution in [3.05, 3.63) is 39.8 Å². The van der Waals surface area contributed by atoms with Gasteiger partial charge in [-0.1, -0.05) is 0 Å². The molecule has 1 fully saturated rings. The lowest BCUT2D eigenvalue weighted by Crippen LogP contribution is -2.29. The van der Waals surface area contributed by atoms with Gasteiger partial charge in [-0.3, -0.25) is 9.59 Å². The Labute approximate surface area is 138 Å². The van der Waals surface area contributed by atoms with Crippen LogP contribution in [0.4, 0.5) is 10.8 Å². The minimum absolute atomic E-state index is 0.0773. The quantitative estimate of drug-likeness (QED) is 0.934. The maximum atomic E-state index is 12.3. The summed E-state index contributed by atoms with van der Waals surface area (Å²) in [6.45, 7) is 4.47. The van der Waals surface area contributed by atoms with Crippen molar-refractivity contribution in [1.82, 2.24) is 9.55 Å². The van der Waals surface area contributed by atoms with Crippen LogP contribution in [0.15, 0.2) is 28.5 Å². The van der Waals surface area contributed by atoms with E-state index in [1.807, 2.05) is 6.92 Å². The number of hydrogen-bond acceptors (Lipinski definition) is 5. The average Bonchev–Trinajstić information content (AvgIpc) is 3.07. The van der Waals surface area contributed by atoms with Crippen LogP contribution in [-0.4, -0.2) is 28.5 Å². The largest absolute Gasteiger partial charge is 0.348 e. The smallest absolute Gasteiger partial charge is 0.275 e. The Hall–Kier alpha value is -2.15. The van der Waals surface area contributed by atoms with Crippen LogP contribution in [0.2, 0.25) is 0 Å². The summed E-state index contributed by atoms with van der Waals surface area (Å²) in [5.74, 6) is -0.245. The molecule has 1 aliphatic rings. The van der Waals surface area contributed by atoms with Gasteiger partial charge < -0.3 is 14.8 Å². The second kappa shape index (κ2) is 6.95. The number of aryl methyl sites for hydroxylation is 1. The highest BCUT2D eigenvalue weighted by molar-refractivity contribution is 7.14. The monoisotopic (exact) mass is 332 g/mol. The second-order valence-corrected chi connectivity index (χ2v) is 6.40. The van der Waals surface area contributed by atoms with Crippen LogP contribution in [-0.2, 0) is 6.54 Å². The first-order chi connectivity index (χ1) is 11.2. The van der Waals surface area contributed by atoms with Crippen LogP contribution in [0.25, 0.3) is 0 Å². The third-order valence-corrected chi connectivity index (χ3v) is 4.83. The Bertz CT molecular complexity index is 747. The number of piperidine rings is 1. The average molecular weight is 332 g/mol. The molecule has 3 rings (SSSR count). The summed E-state index contributed by atoms with van der Waals surface area (Å²) in [5.41, 5.74) is 0.945.